The molecule has 3 nitrogen and oxygen atoms in total. The number of nitrogens with zero attached hydrogens (tertiary/aromatic N) is 2. The summed E-state index contributed by atoms with van der Waals surface area (Å²) in [5.41, 5.74) is 4.26. The molecule has 2 fully saturated rings. The van der Waals surface area contributed by atoms with Gasteiger partial charge in [0.1, 0.15) is 0 Å². The van der Waals surface area contributed by atoms with Crippen LogP contribution < -0.4 is 10.2 Å². The molecule has 2 heterocycles. The van der Waals surface area contributed by atoms with E-state index in [0.717, 1.165) is 19.1 Å². The van der Waals surface area contributed by atoms with Crippen molar-refractivity contribution in [2.24, 2.45) is 0 Å². The molecule has 0 saturated carbocycles. The number of hydrogen-bond donors (Lipinski definition) is 1. The van der Waals surface area contributed by atoms with Crippen LogP contribution in [0.15, 0.2) is 18.2 Å². The van der Waals surface area contributed by atoms with E-state index in [-0.39, 0.29) is 0 Å². The van der Waals surface area contributed by atoms with Crippen molar-refractivity contribution in [3.05, 3.63) is 29.3 Å². The van der Waals surface area contributed by atoms with Gasteiger partial charge in [-0.25, -0.2) is 0 Å². The SMILES string of the molecule is CCNCc1ccc(N2CCC(N3CCCC3)C2)c(C)c1. The highest BCUT2D eigenvalue weighted by Crippen LogP contribution is 2.28. The number of aryl methyl sites for hydroxylation is 1. The van der Waals surface area contributed by atoms with Gasteiger partial charge in [0.15, 0.2) is 0 Å². The quantitative estimate of drug-likeness (QED) is 0.898. The maximum Gasteiger partial charge on any atom is 0.0396 e. The Morgan fingerprint density at radius 1 is 1.19 bits per heavy atom. The molecule has 1 N–H and O–H groups in total. The molecule has 2 aliphatic heterocycles. The summed E-state index contributed by atoms with van der Waals surface area (Å²) in [4.78, 5) is 5.30. The maximum absolute atomic E-state index is 3.40. The van der Waals surface area contributed by atoms with Gasteiger partial charge in [0, 0.05) is 31.4 Å². The zero-order chi connectivity index (χ0) is 14.7. The first-order valence-electron chi connectivity index (χ1n) is 8.57. The Hall–Kier alpha value is -1.06. The molecule has 116 valence electrons. The summed E-state index contributed by atoms with van der Waals surface area (Å²) < 4.78 is 0. The summed E-state index contributed by atoms with van der Waals surface area (Å²) in [6, 6.07) is 7.75. The van der Waals surface area contributed by atoms with Gasteiger partial charge in [-0.1, -0.05) is 19.1 Å². The fraction of sp³-hybridized carbons (Fsp3) is 0.667. The molecule has 1 aromatic rings. The van der Waals surface area contributed by atoms with Crippen LogP contribution in [0.25, 0.3) is 0 Å². The average molecular weight is 287 g/mol. The van der Waals surface area contributed by atoms with Gasteiger partial charge < -0.3 is 10.2 Å². The molecule has 1 aromatic carbocycles. The van der Waals surface area contributed by atoms with Gasteiger partial charge in [0.2, 0.25) is 0 Å². The Balaban J connectivity index is 1.64. The van der Waals surface area contributed by atoms with Crippen LogP contribution in [0.4, 0.5) is 5.69 Å². The lowest BCUT2D eigenvalue weighted by Crippen LogP contribution is -2.35. The van der Waals surface area contributed by atoms with Crippen LogP contribution in [0.5, 0.6) is 0 Å². The zero-order valence-corrected chi connectivity index (χ0v) is 13.6. The van der Waals surface area contributed by atoms with Crippen LogP contribution in [-0.4, -0.2) is 43.7 Å². The molecule has 21 heavy (non-hydrogen) atoms. The zero-order valence-electron chi connectivity index (χ0n) is 13.6. The van der Waals surface area contributed by atoms with E-state index in [9.17, 15) is 0 Å². The van der Waals surface area contributed by atoms with Gasteiger partial charge in [0.25, 0.3) is 0 Å². The van der Waals surface area contributed by atoms with Gasteiger partial charge in [-0.2, -0.15) is 0 Å². The first kappa shape index (κ1) is 14.9. The largest absolute Gasteiger partial charge is 0.370 e. The summed E-state index contributed by atoms with van der Waals surface area (Å²) in [6.07, 6.45) is 4.13. The van der Waals surface area contributed by atoms with E-state index in [1.165, 1.54) is 62.3 Å². The minimum absolute atomic E-state index is 0.785. The monoisotopic (exact) mass is 287 g/mol. The van der Waals surface area contributed by atoms with Gasteiger partial charge in [-0.15, -0.1) is 0 Å². The normalized spacial score (nSPS) is 23.1. The fourth-order valence-electron chi connectivity index (χ4n) is 3.82. The average Bonchev–Trinajstić information content (AvgIpc) is 3.15. The van der Waals surface area contributed by atoms with Crippen molar-refractivity contribution in [3.63, 3.8) is 0 Å². The minimum Gasteiger partial charge on any atom is -0.370 e. The highest BCUT2D eigenvalue weighted by atomic mass is 15.3. The van der Waals surface area contributed by atoms with E-state index in [2.05, 4.69) is 47.2 Å². The summed E-state index contributed by atoms with van der Waals surface area (Å²) in [6.45, 7) is 11.5. The van der Waals surface area contributed by atoms with Crippen LogP contribution in [-0.2, 0) is 6.54 Å². The third-order valence-electron chi connectivity index (χ3n) is 5.00. The topological polar surface area (TPSA) is 18.5 Å². The Kier molecular flexibility index (Phi) is 4.81. The van der Waals surface area contributed by atoms with Crippen LogP contribution in [0, 0.1) is 6.92 Å². The van der Waals surface area contributed by atoms with Gasteiger partial charge in [0.05, 0.1) is 0 Å². The Morgan fingerprint density at radius 3 is 2.71 bits per heavy atom. The first-order valence-corrected chi connectivity index (χ1v) is 8.57. The van der Waals surface area contributed by atoms with Crippen molar-refractivity contribution in [1.82, 2.24) is 10.2 Å². The van der Waals surface area contributed by atoms with E-state index in [1.54, 1.807) is 0 Å². The number of hydrogen-bond acceptors (Lipinski definition) is 3. The van der Waals surface area contributed by atoms with E-state index in [1.807, 2.05) is 0 Å². The van der Waals surface area contributed by atoms with Crippen LogP contribution >= 0.6 is 0 Å². The third kappa shape index (κ3) is 3.41. The van der Waals surface area contributed by atoms with Crippen molar-refractivity contribution >= 4 is 5.69 Å². The van der Waals surface area contributed by atoms with E-state index >= 15 is 0 Å². The van der Waals surface area contributed by atoms with Crippen LogP contribution in [0.1, 0.15) is 37.3 Å². The van der Waals surface area contributed by atoms with Crippen LogP contribution in [0.3, 0.4) is 0 Å². The van der Waals surface area contributed by atoms with E-state index in [4.69, 9.17) is 0 Å². The van der Waals surface area contributed by atoms with Crippen molar-refractivity contribution in [2.75, 3.05) is 37.6 Å². The maximum atomic E-state index is 3.40. The lowest BCUT2D eigenvalue weighted by molar-refractivity contribution is 0.260. The molecule has 3 heteroatoms. The Labute approximate surface area is 129 Å². The first-order chi connectivity index (χ1) is 10.3. The molecule has 0 aliphatic carbocycles. The van der Waals surface area contributed by atoms with Crippen molar-refractivity contribution in [1.29, 1.82) is 0 Å². The molecular formula is C18H29N3. The van der Waals surface area contributed by atoms with Gasteiger partial charge >= 0.3 is 0 Å². The summed E-state index contributed by atoms with van der Waals surface area (Å²) >= 11 is 0. The van der Waals surface area contributed by atoms with E-state index < -0.39 is 0 Å². The van der Waals surface area contributed by atoms with Gasteiger partial charge in [-0.05, 0) is 63.0 Å². The predicted octanol–water partition coefficient (Wildman–Crippen LogP) is 2.78. The molecule has 0 bridgehead atoms. The predicted molar refractivity (Wildman–Crippen MR) is 90.0 cm³/mol. The molecule has 2 aliphatic rings. The highest BCUT2D eigenvalue weighted by Gasteiger charge is 2.29. The summed E-state index contributed by atoms with van der Waals surface area (Å²) in [5, 5.41) is 3.40. The number of rotatable bonds is 5. The second-order valence-electron chi connectivity index (χ2n) is 6.53. The smallest absolute Gasteiger partial charge is 0.0396 e. The van der Waals surface area contributed by atoms with Crippen molar-refractivity contribution in [3.8, 4) is 0 Å². The summed E-state index contributed by atoms with van der Waals surface area (Å²) in [5.74, 6) is 0. The fourth-order valence-corrected chi connectivity index (χ4v) is 3.82. The number of benzene rings is 1. The molecular weight excluding hydrogens is 258 g/mol. The van der Waals surface area contributed by atoms with Crippen LogP contribution in [0.2, 0.25) is 0 Å². The molecule has 0 aromatic heterocycles. The number of anilines is 1. The van der Waals surface area contributed by atoms with Crippen molar-refractivity contribution < 1.29 is 0 Å². The second-order valence-corrected chi connectivity index (χ2v) is 6.53. The van der Waals surface area contributed by atoms with Crippen molar-refractivity contribution in [2.45, 2.75) is 45.7 Å². The standard InChI is InChI=1S/C18H29N3/c1-3-19-13-16-6-7-18(15(2)12-16)21-11-8-17(14-21)20-9-4-5-10-20/h6-7,12,17,19H,3-5,8-11,13-14H2,1-2H3. The molecule has 0 spiro atoms. The molecule has 1 atom stereocenters. The van der Waals surface area contributed by atoms with E-state index in [0.29, 0.717) is 0 Å². The number of likely N-dealkylation sites (tertiary alicyclic amines) is 1. The lowest BCUT2D eigenvalue weighted by atomic mass is 10.1. The third-order valence-corrected chi connectivity index (χ3v) is 5.00. The number of nitrogens with one attached hydrogen (secondary N) is 1. The molecule has 3 rings (SSSR count). The summed E-state index contributed by atoms with van der Waals surface area (Å²) in [7, 11) is 0. The Morgan fingerprint density at radius 2 is 2.00 bits per heavy atom. The molecule has 0 radical (unpaired) electrons. The Bertz CT molecular complexity index is 466. The molecule has 2 saturated heterocycles. The lowest BCUT2D eigenvalue weighted by Gasteiger charge is -2.25. The molecule has 0 amide bonds. The minimum atomic E-state index is 0.785. The molecule has 1 unspecified atom stereocenters. The van der Waals surface area contributed by atoms with Gasteiger partial charge in [-0.3, -0.25) is 4.90 Å². The second kappa shape index (κ2) is 6.80. The highest BCUT2D eigenvalue weighted by molar-refractivity contribution is 5.55.